The highest BCUT2D eigenvalue weighted by atomic mass is 16.5. The predicted octanol–water partition coefficient (Wildman–Crippen LogP) is 3.97. The quantitative estimate of drug-likeness (QED) is 0.509. The average Bonchev–Trinajstić information content (AvgIpc) is 2.37. The maximum absolute atomic E-state index is 11.6. The third-order valence-corrected chi connectivity index (χ3v) is 3.88. The van der Waals surface area contributed by atoms with Gasteiger partial charge in [-0.1, -0.05) is 45.4 Å². The van der Waals surface area contributed by atoms with Crippen molar-refractivity contribution in [1.82, 2.24) is 0 Å². The van der Waals surface area contributed by atoms with Crippen molar-refractivity contribution < 1.29 is 14.6 Å². The summed E-state index contributed by atoms with van der Waals surface area (Å²) in [5.41, 5.74) is 0. The van der Waals surface area contributed by atoms with Gasteiger partial charge < -0.3 is 9.84 Å². The minimum atomic E-state index is -0.273. The second kappa shape index (κ2) is 10.2. The summed E-state index contributed by atoms with van der Waals surface area (Å²) in [4.78, 5) is 11.6. The number of carbonyl (C=O) groups is 1. The first kappa shape index (κ1) is 16.5. The number of rotatable bonds is 9. The molecule has 0 aromatic heterocycles. The molecular weight excluding hydrogens is 240 g/mol. The Morgan fingerprint density at radius 1 is 1.11 bits per heavy atom. The van der Waals surface area contributed by atoms with Crippen LogP contribution in [0.3, 0.4) is 0 Å². The number of hydrogen-bond acceptors (Lipinski definition) is 3. The second-order valence-corrected chi connectivity index (χ2v) is 5.80. The van der Waals surface area contributed by atoms with Crippen LogP contribution in [-0.2, 0) is 9.53 Å². The monoisotopic (exact) mass is 270 g/mol. The number of esters is 1. The molecular formula is C16H30O3. The Balaban J connectivity index is 1.95. The molecule has 0 aromatic carbocycles. The van der Waals surface area contributed by atoms with Crippen molar-refractivity contribution in [2.75, 3.05) is 0 Å². The van der Waals surface area contributed by atoms with Crippen LogP contribution in [0.4, 0.5) is 0 Å². The maximum atomic E-state index is 11.6. The van der Waals surface area contributed by atoms with Gasteiger partial charge in [0.15, 0.2) is 0 Å². The van der Waals surface area contributed by atoms with E-state index in [-0.39, 0.29) is 18.2 Å². The lowest BCUT2D eigenvalue weighted by Gasteiger charge is -2.25. The second-order valence-electron chi connectivity index (χ2n) is 5.80. The lowest BCUT2D eigenvalue weighted by Crippen LogP contribution is -2.28. The molecule has 0 aliphatic heterocycles. The zero-order valence-corrected chi connectivity index (χ0v) is 12.4. The van der Waals surface area contributed by atoms with Crippen LogP contribution in [0.25, 0.3) is 0 Å². The van der Waals surface area contributed by atoms with Crippen molar-refractivity contribution in [3.8, 4) is 0 Å². The molecule has 0 saturated heterocycles. The molecule has 0 bridgehead atoms. The molecule has 1 saturated carbocycles. The Morgan fingerprint density at radius 3 is 2.47 bits per heavy atom. The molecule has 0 heterocycles. The normalized spacial score (nSPS) is 23.3. The Kier molecular flexibility index (Phi) is 8.89. The fourth-order valence-corrected chi connectivity index (χ4v) is 2.70. The molecule has 112 valence electrons. The first-order chi connectivity index (χ1) is 9.22. The SMILES string of the molecule is CCCCCCCCCC(=O)O[C@H]1CCC[C@@H](O)C1. The number of aliphatic hydroxyl groups excluding tert-OH is 1. The third-order valence-electron chi connectivity index (χ3n) is 3.88. The number of unbranched alkanes of at least 4 members (excludes halogenated alkanes) is 6. The van der Waals surface area contributed by atoms with E-state index in [0.717, 1.165) is 32.1 Å². The van der Waals surface area contributed by atoms with Crippen molar-refractivity contribution >= 4 is 5.97 Å². The highest BCUT2D eigenvalue weighted by Crippen LogP contribution is 2.21. The van der Waals surface area contributed by atoms with Gasteiger partial charge in [-0.25, -0.2) is 0 Å². The van der Waals surface area contributed by atoms with Gasteiger partial charge in [0, 0.05) is 12.8 Å². The topological polar surface area (TPSA) is 46.5 Å². The molecule has 0 radical (unpaired) electrons. The molecule has 0 unspecified atom stereocenters. The summed E-state index contributed by atoms with van der Waals surface area (Å²) in [6.45, 7) is 2.22. The van der Waals surface area contributed by atoms with Crippen LogP contribution in [0.5, 0.6) is 0 Å². The Morgan fingerprint density at radius 2 is 1.79 bits per heavy atom. The van der Waals surface area contributed by atoms with Crippen LogP contribution in [0.1, 0.15) is 84.0 Å². The van der Waals surface area contributed by atoms with Crippen LogP contribution >= 0.6 is 0 Å². The molecule has 1 aliphatic carbocycles. The zero-order valence-electron chi connectivity index (χ0n) is 12.4. The molecule has 1 N–H and O–H groups in total. The number of ether oxygens (including phenoxy) is 1. The Hall–Kier alpha value is -0.570. The Labute approximate surface area is 117 Å². The summed E-state index contributed by atoms with van der Waals surface area (Å²) in [7, 11) is 0. The van der Waals surface area contributed by atoms with Crippen LogP contribution < -0.4 is 0 Å². The zero-order chi connectivity index (χ0) is 13.9. The van der Waals surface area contributed by atoms with Crippen molar-refractivity contribution in [1.29, 1.82) is 0 Å². The molecule has 0 aromatic rings. The van der Waals surface area contributed by atoms with Crippen LogP contribution in [0.2, 0.25) is 0 Å². The summed E-state index contributed by atoms with van der Waals surface area (Å²) in [5.74, 6) is -0.0762. The van der Waals surface area contributed by atoms with E-state index in [0.29, 0.717) is 12.8 Å². The van der Waals surface area contributed by atoms with E-state index in [1.54, 1.807) is 0 Å². The minimum absolute atomic E-state index is 0.0409. The van der Waals surface area contributed by atoms with E-state index in [2.05, 4.69) is 6.92 Å². The largest absolute Gasteiger partial charge is 0.462 e. The van der Waals surface area contributed by atoms with Crippen molar-refractivity contribution in [3.63, 3.8) is 0 Å². The molecule has 3 nitrogen and oxygen atoms in total. The fraction of sp³-hybridized carbons (Fsp3) is 0.938. The summed E-state index contributed by atoms with van der Waals surface area (Å²) in [5, 5.41) is 9.52. The lowest BCUT2D eigenvalue weighted by molar-refractivity contribution is -0.152. The standard InChI is InChI=1S/C16H30O3/c1-2-3-4-5-6-7-8-12-16(18)19-15-11-9-10-14(17)13-15/h14-15,17H,2-13H2,1H3/t14-,15+/m1/s1. The highest BCUT2D eigenvalue weighted by Gasteiger charge is 2.22. The highest BCUT2D eigenvalue weighted by molar-refractivity contribution is 5.69. The summed E-state index contributed by atoms with van der Waals surface area (Å²) < 4.78 is 5.41. The third kappa shape index (κ3) is 8.25. The maximum Gasteiger partial charge on any atom is 0.306 e. The van der Waals surface area contributed by atoms with E-state index in [4.69, 9.17) is 4.74 Å². The Bertz CT molecular complexity index is 240. The van der Waals surface area contributed by atoms with Gasteiger partial charge in [-0.05, 0) is 25.7 Å². The first-order valence-corrected chi connectivity index (χ1v) is 8.10. The van der Waals surface area contributed by atoms with E-state index >= 15 is 0 Å². The molecule has 1 rings (SSSR count). The van der Waals surface area contributed by atoms with Crippen molar-refractivity contribution in [2.45, 2.75) is 96.2 Å². The molecule has 19 heavy (non-hydrogen) atoms. The minimum Gasteiger partial charge on any atom is -0.462 e. The van der Waals surface area contributed by atoms with Gasteiger partial charge in [-0.2, -0.15) is 0 Å². The van der Waals surface area contributed by atoms with Gasteiger partial charge in [-0.3, -0.25) is 4.79 Å². The van der Waals surface area contributed by atoms with Gasteiger partial charge in [-0.15, -0.1) is 0 Å². The lowest BCUT2D eigenvalue weighted by atomic mass is 9.95. The van der Waals surface area contributed by atoms with Gasteiger partial charge in [0.25, 0.3) is 0 Å². The fourth-order valence-electron chi connectivity index (χ4n) is 2.70. The van der Waals surface area contributed by atoms with Gasteiger partial charge >= 0.3 is 5.97 Å². The van der Waals surface area contributed by atoms with Crippen LogP contribution in [0, 0.1) is 0 Å². The number of carbonyl (C=O) groups excluding carboxylic acids is 1. The first-order valence-electron chi connectivity index (χ1n) is 8.10. The average molecular weight is 270 g/mol. The number of aliphatic hydroxyl groups is 1. The van der Waals surface area contributed by atoms with Gasteiger partial charge in [0.2, 0.25) is 0 Å². The van der Waals surface area contributed by atoms with Gasteiger partial charge in [0.05, 0.1) is 6.10 Å². The van der Waals surface area contributed by atoms with Gasteiger partial charge in [0.1, 0.15) is 6.10 Å². The molecule has 3 heteroatoms. The molecule has 0 amide bonds. The molecule has 0 spiro atoms. The van der Waals surface area contributed by atoms with Crippen molar-refractivity contribution in [2.24, 2.45) is 0 Å². The summed E-state index contributed by atoms with van der Waals surface area (Å²) in [6, 6.07) is 0. The van der Waals surface area contributed by atoms with E-state index in [1.165, 1.54) is 32.1 Å². The van der Waals surface area contributed by atoms with E-state index in [9.17, 15) is 9.90 Å². The molecule has 1 aliphatic rings. The van der Waals surface area contributed by atoms with E-state index < -0.39 is 0 Å². The smallest absolute Gasteiger partial charge is 0.306 e. The summed E-state index contributed by atoms with van der Waals surface area (Å²) in [6.07, 6.45) is 12.1. The molecule has 1 fully saturated rings. The summed E-state index contributed by atoms with van der Waals surface area (Å²) >= 11 is 0. The van der Waals surface area contributed by atoms with Crippen LogP contribution in [-0.4, -0.2) is 23.3 Å². The number of hydrogen-bond donors (Lipinski definition) is 1. The van der Waals surface area contributed by atoms with Crippen molar-refractivity contribution in [3.05, 3.63) is 0 Å². The predicted molar refractivity (Wildman–Crippen MR) is 77.0 cm³/mol. The van der Waals surface area contributed by atoms with Crippen LogP contribution in [0.15, 0.2) is 0 Å². The molecule has 2 atom stereocenters. The van der Waals surface area contributed by atoms with E-state index in [1.807, 2.05) is 0 Å².